The molecule has 0 aliphatic carbocycles. The predicted molar refractivity (Wildman–Crippen MR) is 139 cm³/mol. The number of hydrogen-bond acceptors (Lipinski definition) is 7. The zero-order valence-corrected chi connectivity index (χ0v) is 21.7. The number of carbonyl (C=O) groups excluding carboxylic acids is 3. The van der Waals surface area contributed by atoms with Crippen molar-refractivity contribution in [2.24, 2.45) is 34.4 Å². The molecule has 0 unspecified atom stereocenters. The predicted octanol–water partition coefficient (Wildman–Crippen LogP) is 2.02. The Morgan fingerprint density at radius 2 is 1.81 bits per heavy atom. The highest BCUT2D eigenvalue weighted by molar-refractivity contribution is 5.90. The Bertz CT molecular complexity index is 932. The molecule has 1 heterocycles. The molecule has 3 amide bonds. The van der Waals surface area contributed by atoms with Gasteiger partial charge >= 0.3 is 0 Å². The highest BCUT2D eigenvalue weighted by Crippen LogP contribution is 2.25. The van der Waals surface area contributed by atoms with Gasteiger partial charge in [0.2, 0.25) is 11.8 Å². The SMILES string of the molecule is CC(C)C[C@@H](C(=O)NN(CC(C)C)C(=O)CN1CCN=C1N)[C@H](CC=Cc1ccccc1)C(=O)NO. The van der Waals surface area contributed by atoms with Crippen molar-refractivity contribution in [1.29, 1.82) is 0 Å². The van der Waals surface area contributed by atoms with Gasteiger partial charge in [0.1, 0.15) is 6.54 Å². The summed E-state index contributed by atoms with van der Waals surface area (Å²) in [5.74, 6) is -2.49. The van der Waals surface area contributed by atoms with Gasteiger partial charge in [-0.15, -0.1) is 0 Å². The van der Waals surface area contributed by atoms with E-state index in [0.29, 0.717) is 32.0 Å². The van der Waals surface area contributed by atoms with Crippen molar-refractivity contribution >= 4 is 29.8 Å². The zero-order valence-electron chi connectivity index (χ0n) is 21.7. The maximum Gasteiger partial charge on any atom is 0.260 e. The molecule has 0 saturated carbocycles. The van der Waals surface area contributed by atoms with Crippen LogP contribution < -0.4 is 16.6 Å². The molecule has 5 N–H and O–H groups in total. The summed E-state index contributed by atoms with van der Waals surface area (Å²) in [7, 11) is 0. The largest absolute Gasteiger partial charge is 0.370 e. The quantitative estimate of drug-likeness (QED) is 0.256. The summed E-state index contributed by atoms with van der Waals surface area (Å²) < 4.78 is 0. The molecule has 0 fully saturated rings. The van der Waals surface area contributed by atoms with Gasteiger partial charge in [-0.3, -0.25) is 35.0 Å². The van der Waals surface area contributed by atoms with Crippen LogP contribution in [-0.2, 0) is 14.4 Å². The van der Waals surface area contributed by atoms with Crippen molar-refractivity contribution in [3.63, 3.8) is 0 Å². The maximum absolute atomic E-state index is 13.5. The normalized spacial score (nSPS) is 15.2. The van der Waals surface area contributed by atoms with Crippen molar-refractivity contribution in [2.75, 3.05) is 26.2 Å². The molecular weight excluding hydrogens is 460 g/mol. The Morgan fingerprint density at radius 1 is 1.11 bits per heavy atom. The van der Waals surface area contributed by atoms with Crippen molar-refractivity contribution in [2.45, 2.75) is 40.5 Å². The highest BCUT2D eigenvalue weighted by atomic mass is 16.5. The van der Waals surface area contributed by atoms with E-state index in [1.165, 1.54) is 5.01 Å². The minimum Gasteiger partial charge on any atom is -0.370 e. The number of amides is 3. The van der Waals surface area contributed by atoms with Gasteiger partial charge in [0, 0.05) is 13.1 Å². The third-order valence-corrected chi connectivity index (χ3v) is 5.88. The molecule has 2 rings (SSSR count). The first-order valence-electron chi connectivity index (χ1n) is 12.4. The van der Waals surface area contributed by atoms with Crippen LogP contribution >= 0.6 is 0 Å². The van der Waals surface area contributed by atoms with Gasteiger partial charge in [-0.05, 0) is 30.2 Å². The molecule has 0 saturated heterocycles. The molecule has 0 bridgehead atoms. The number of nitrogens with zero attached hydrogens (tertiary/aromatic N) is 3. The molecule has 1 aliphatic rings. The summed E-state index contributed by atoms with van der Waals surface area (Å²) in [6.07, 6.45) is 4.34. The zero-order chi connectivity index (χ0) is 26.7. The number of allylic oxidation sites excluding steroid dienone is 1. The van der Waals surface area contributed by atoms with E-state index >= 15 is 0 Å². The first-order chi connectivity index (χ1) is 17.1. The van der Waals surface area contributed by atoms with Crippen LogP contribution in [-0.4, -0.2) is 65.0 Å². The molecule has 1 aliphatic heterocycles. The van der Waals surface area contributed by atoms with Gasteiger partial charge in [-0.2, -0.15) is 0 Å². The van der Waals surface area contributed by atoms with E-state index in [1.807, 2.05) is 70.2 Å². The van der Waals surface area contributed by atoms with E-state index in [9.17, 15) is 19.6 Å². The second-order valence-corrected chi connectivity index (χ2v) is 9.90. The molecule has 36 heavy (non-hydrogen) atoms. The van der Waals surface area contributed by atoms with Gasteiger partial charge in [0.25, 0.3) is 5.91 Å². The number of aliphatic imine (C=N–C) groups is 1. The summed E-state index contributed by atoms with van der Waals surface area (Å²) in [5, 5.41) is 10.7. The fourth-order valence-corrected chi connectivity index (χ4v) is 4.11. The van der Waals surface area contributed by atoms with Crippen molar-refractivity contribution in [3.05, 3.63) is 42.0 Å². The molecule has 10 nitrogen and oxygen atoms in total. The Kier molecular flexibility index (Phi) is 11.4. The number of nitrogens with two attached hydrogens (primary N) is 1. The number of hydrazine groups is 1. The first-order valence-corrected chi connectivity index (χ1v) is 12.4. The fourth-order valence-electron chi connectivity index (χ4n) is 4.11. The van der Waals surface area contributed by atoms with E-state index in [0.717, 1.165) is 5.56 Å². The summed E-state index contributed by atoms with van der Waals surface area (Å²) in [6.45, 7) is 9.18. The number of guanidine groups is 1. The van der Waals surface area contributed by atoms with Gasteiger partial charge < -0.3 is 10.6 Å². The van der Waals surface area contributed by atoms with Gasteiger partial charge in [0.15, 0.2) is 5.96 Å². The number of rotatable bonds is 12. The molecule has 2 atom stereocenters. The molecule has 1 aromatic carbocycles. The molecule has 0 radical (unpaired) electrons. The van der Waals surface area contributed by atoms with Crippen LogP contribution in [0, 0.1) is 23.7 Å². The van der Waals surface area contributed by atoms with Crippen molar-refractivity contribution in [3.8, 4) is 0 Å². The van der Waals surface area contributed by atoms with Crippen LogP contribution in [0.25, 0.3) is 6.08 Å². The number of carbonyl (C=O) groups is 3. The van der Waals surface area contributed by atoms with Gasteiger partial charge in [-0.25, -0.2) is 5.48 Å². The average molecular weight is 501 g/mol. The van der Waals surface area contributed by atoms with Crippen LogP contribution in [0.3, 0.4) is 0 Å². The molecule has 10 heteroatoms. The van der Waals surface area contributed by atoms with Gasteiger partial charge in [-0.1, -0.05) is 70.2 Å². The van der Waals surface area contributed by atoms with E-state index in [4.69, 9.17) is 5.73 Å². The molecule has 0 spiro atoms. The van der Waals surface area contributed by atoms with E-state index in [-0.39, 0.29) is 30.7 Å². The third kappa shape index (κ3) is 8.99. The molecular formula is C26H40N6O4. The Balaban J connectivity index is 2.22. The third-order valence-electron chi connectivity index (χ3n) is 5.88. The molecule has 1 aromatic rings. The van der Waals surface area contributed by atoms with Crippen molar-refractivity contribution in [1.82, 2.24) is 20.8 Å². The minimum atomic E-state index is -0.824. The monoisotopic (exact) mass is 500 g/mol. The first kappa shape index (κ1) is 28.8. The summed E-state index contributed by atoms with van der Waals surface area (Å²) in [4.78, 5) is 45.0. The number of hydroxylamine groups is 1. The maximum atomic E-state index is 13.5. The van der Waals surface area contributed by atoms with Crippen molar-refractivity contribution < 1.29 is 19.6 Å². The van der Waals surface area contributed by atoms with E-state index in [2.05, 4.69) is 10.4 Å². The van der Waals surface area contributed by atoms with Crippen LogP contribution in [0.5, 0.6) is 0 Å². The summed E-state index contributed by atoms with van der Waals surface area (Å²) in [5.41, 5.74) is 11.3. The van der Waals surface area contributed by atoms with Crippen LogP contribution in [0.4, 0.5) is 0 Å². The summed E-state index contributed by atoms with van der Waals surface area (Å²) in [6, 6.07) is 9.60. The number of nitrogens with one attached hydrogen (secondary N) is 2. The second kappa shape index (κ2) is 14.2. The minimum absolute atomic E-state index is 0.00243. The lowest BCUT2D eigenvalue weighted by atomic mass is 9.82. The Morgan fingerprint density at radius 3 is 2.36 bits per heavy atom. The topological polar surface area (TPSA) is 140 Å². The lowest BCUT2D eigenvalue weighted by Crippen LogP contribution is -2.55. The lowest BCUT2D eigenvalue weighted by molar-refractivity contribution is -0.148. The second-order valence-electron chi connectivity index (χ2n) is 9.90. The Hall–Kier alpha value is -3.40. The molecule has 0 aromatic heterocycles. The average Bonchev–Trinajstić information content (AvgIpc) is 3.24. The lowest BCUT2D eigenvalue weighted by Gasteiger charge is -2.31. The van der Waals surface area contributed by atoms with Gasteiger partial charge in [0.05, 0.1) is 18.4 Å². The Labute approximate surface area is 213 Å². The molecule has 198 valence electrons. The smallest absolute Gasteiger partial charge is 0.260 e. The van der Waals surface area contributed by atoms with Crippen LogP contribution in [0.2, 0.25) is 0 Å². The number of hydrogen-bond donors (Lipinski definition) is 4. The summed E-state index contributed by atoms with van der Waals surface area (Å²) >= 11 is 0. The van der Waals surface area contributed by atoms with Crippen LogP contribution in [0.15, 0.2) is 41.4 Å². The fraction of sp³-hybridized carbons (Fsp3) is 0.538. The van der Waals surface area contributed by atoms with Crippen LogP contribution in [0.1, 0.15) is 46.1 Å². The number of benzene rings is 1. The van der Waals surface area contributed by atoms with E-state index < -0.39 is 23.7 Å². The highest BCUT2D eigenvalue weighted by Gasteiger charge is 2.35. The van der Waals surface area contributed by atoms with E-state index in [1.54, 1.807) is 10.4 Å². The standard InChI is InChI=1S/C26H40N6O4/c1-18(2)15-22(21(25(35)30-36)12-8-11-20-9-6-5-7-10-20)24(34)29-32(16-19(3)4)23(33)17-31-14-13-28-26(31)27/h5-11,18-19,21-22,36H,12-17H2,1-4H3,(H2,27,28)(H,29,34)(H,30,35)/t21-,22+/m0/s1.